The maximum atomic E-state index is 8.78. The normalized spacial score (nSPS) is 10.6. The van der Waals surface area contributed by atoms with Crippen LogP contribution in [0.2, 0.25) is 0 Å². The van der Waals surface area contributed by atoms with Crippen LogP contribution in [0.3, 0.4) is 0 Å². The van der Waals surface area contributed by atoms with E-state index in [9.17, 15) is 0 Å². The zero-order valence-corrected chi connectivity index (χ0v) is 15.0. The highest BCUT2D eigenvalue weighted by Gasteiger charge is 2.11. The van der Waals surface area contributed by atoms with Crippen LogP contribution in [0, 0.1) is 6.92 Å². The van der Waals surface area contributed by atoms with E-state index in [0.29, 0.717) is 13.2 Å². The molecule has 0 radical (unpaired) electrons. The predicted molar refractivity (Wildman–Crippen MR) is 102 cm³/mol. The topological polar surface area (TPSA) is 79.4 Å². The lowest BCUT2D eigenvalue weighted by molar-refractivity contribution is 0.201. The van der Waals surface area contributed by atoms with Crippen molar-refractivity contribution in [2.45, 2.75) is 13.5 Å². The summed E-state index contributed by atoms with van der Waals surface area (Å²) in [6.45, 7) is 3.00. The van der Waals surface area contributed by atoms with Crippen LogP contribution in [0.4, 0.5) is 5.82 Å². The van der Waals surface area contributed by atoms with Gasteiger partial charge in [-0.2, -0.15) is 5.10 Å². The van der Waals surface area contributed by atoms with E-state index in [-0.39, 0.29) is 6.61 Å². The number of nitrogens with zero attached hydrogens (tertiary/aromatic N) is 1. The predicted octanol–water partition coefficient (Wildman–Crippen LogP) is 3.38. The van der Waals surface area contributed by atoms with Crippen molar-refractivity contribution in [1.82, 2.24) is 10.2 Å². The van der Waals surface area contributed by atoms with Crippen LogP contribution in [0.5, 0.6) is 11.5 Å². The molecular formula is C20H23N3O3. The van der Waals surface area contributed by atoms with Crippen LogP contribution in [0.15, 0.2) is 48.5 Å². The smallest absolute Gasteiger partial charge is 0.151 e. The highest BCUT2D eigenvalue weighted by atomic mass is 16.5. The zero-order chi connectivity index (χ0) is 18.4. The molecule has 0 bridgehead atoms. The summed E-state index contributed by atoms with van der Waals surface area (Å²) in [4.78, 5) is 0. The number of methoxy groups -OCH3 is 1. The molecule has 1 heterocycles. The summed E-state index contributed by atoms with van der Waals surface area (Å²) in [6.07, 6.45) is 0. The van der Waals surface area contributed by atoms with Crippen LogP contribution >= 0.6 is 0 Å². The number of aliphatic hydroxyl groups is 1. The molecule has 0 saturated carbocycles. The van der Waals surface area contributed by atoms with Gasteiger partial charge in [0.05, 0.1) is 19.4 Å². The Balaban J connectivity index is 1.66. The lowest BCUT2D eigenvalue weighted by Crippen LogP contribution is -2.03. The first-order valence-corrected chi connectivity index (χ1v) is 8.47. The molecule has 1 aromatic heterocycles. The van der Waals surface area contributed by atoms with E-state index in [2.05, 4.69) is 15.5 Å². The Morgan fingerprint density at radius 2 is 1.92 bits per heavy atom. The quantitative estimate of drug-likeness (QED) is 0.579. The molecule has 0 atom stereocenters. The molecule has 6 nitrogen and oxygen atoms in total. The number of aromatic amines is 1. The molecule has 0 aliphatic rings. The van der Waals surface area contributed by atoms with Gasteiger partial charge in [-0.1, -0.05) is 24.3 Å². The van der Waals surface area contributed by atoms with E-state index in [0.717, 1.165) is 39.7 Å². The highest BCUT2D eigenvalue weighted by Crippen LogP contribution is 2.28. The summed E-state index contributed by atoms with van der Waals surface area (Å²) in [7, 11) is 1.66. The van der Waals surface area contributed by atoms with Gasteiger partial charge >= 0.3 is 0 Å². The third-order valence-corrected chi connectivity index (χ3v) is 4.11. The van der Waals surface area contributed by atoms with Gasteiger partial charge in [0, 0.05) is 17.7 Å². The van der Waals surface area contributed by atoms with E-state index < -0.39 is 0 Å². The van der Waals surface area contributed by atoms with E-state index in [1.807, 2.05) is 55.5 Å². The number of hydrogen-bond acceptors (Lipinski definition) is 5. The van der Waals surface area contributed by atoms with E-state index in [4.69, 9.17) is 14.6 Å². The Morgan fingerprint density at radius 3 is 2.65 bits per heavy atom. The Bertz CT molecular complexity index is 844. The number of anilines is 1. The van der Waals surface area contributed by atoms with Gasteiger partial charge < -0.3 is 19.9 Å². The fourth-order valence-corrected chi connectivity index (χ4v) is 2.68. The standard InChI is InChI=1S/C20H23N3O3/c1-14-19(16-4-3-5-18(12-16)25-2)22-23-20(14)21-13-15-6-8-17(9-7-15)26-11-10-24/h3-9,12,24H,10-11,13H2,1-2H3,(H2,21,22,23). The number of nitrogens with one attached hydrogen (secondary N) is 2. The van der Waals surface area contributed by atoms with Gasteiger partial charge in [-0.25, -0.2) is 0 Å². The minimum atomic E-state index is 0.0113. The minimum Gasteiger partial charge on any atom is -0.497 e. The molecule has 136 valence electrons. The lowest BCUT2D eigenvalue weighted by Gasteiger charge is -2.07. The van der Waals surface area contributed by atoms with Gasteiger partial charge in [-0.3, -0.25) is 5.10 Å². The van der Waals surface area contributed by atoms with Crippen molar-refractivity contribution >= 4 is 5.82 Å². The van der Waals surface area contributed by atoms with Gasteiger partial charge in [0.25, 0.3) is 0 Å². The summed E-state index contributed by atoms with van der Waals surface area (Å²) >= 11 is 0. The largest absolute Gasteiger partial charge is 0.497 e. The number of aromatic nitrogens is 2. The number of hydrogen-bond donors (Lipinski definition) is 3. The first-order chi connectivity index (χ1) is 12.7. The van der Waals surface area contributed by atoms with Crippen LogP contribution in [-0.4, -0.2) is 35.6 Å². The van der Waals surface area contributed by atoms with Gasteiger partial charge in [0.1, 0.15) is 18.1 Å². The summed E-state index contributed by atoms with van der Waals surface area (Å²) in [6, 6.07) is 15.7. The zero-order valence-electron chi connectivity index (χ0n) is 15.0. The van der Waals surface area contributed by atoms with Gasteiger partial charge in [0.15, 0.2) is 5.82 Å². The number of H-pyrrole nitrogens is 1. The molecule has 26 heavy (non-hydrogen) atoms. The first-order valence-electron chi connectivity index (χ1n) is 8.47. The molecule has 3 N–H and O–H groups in total. The second-order valence-corrected chi connectivity index (χ2v) is 5.87. The van der Waals surface area contributed by atoms with Crippen LogP contribution in [0.1, 0.15) is 11.1 Å². The summed E-state index contributed by atoms with van der Waals surface area (Å²) in [5.74, 6) is 2.39. The molecule has 0 unspecified atom stereocenters. The summed E-state index contributed by atoms with van der Waals surface area (Å²) in [5, 5.41) is 19.6. The van der Waals surface area contributed by atoms with Crippen molar-refractivity contribution in [1.29, 1.82) is 0 Å². The molecule has 0 amide bonds. The van der Waals surface area contributed by atoms with E-state index in [1.165, 1.54) is 0 Å². The third-order valence-electron chi connectivity index (χ3n) is 4.11. The van der Waals surface area contributed by atoms with Crippen molar-refractivity contribution in [2.75, 3.05) is 25.6 Å². The molecule has 0 saturated heterocycles. The average Bonchev–Trinajstić information content (AvgIpc) is 3.06. The summed E-state index contributed by atoms with van der Waals surface area (Å²) < 4.78 is 10.7. The van der Waals surface area contributed by atoms with Crippen molar-refractivity contribution in [2.24, 2.45) is 0 Å². The van der Waals surface area contributed by atoms with Gasteiger partial charge in [0.2, 0.25) is 0 Å². The fraction of sp³-hybridized carbons (Fsp3) is 0.250. The van der Waals surface area contributed by atoms with Gasteiger partial charge in [-0.05, 0) is 36.8 Å². The van der Waals surface area contributed by atoms with E-state index in [1.54, 1.807) is 7.11 Å². The lowest BCUT2D eigenvalue weighted by atomic mass is 10.1. The van der Waals surface area contributed by atoms with Crippen LogP contribution in [-0.2, 0) is 6.54 Å². The number of aliphatic hydroxyl groups excluding tert-OH is 1. The van der Waals surface area contributed by atoms with Crippen LogP contribution in [0.25, 0.3) is 11.3 Å². The van der Waals surface area contributed by atoms with Crippen LogP contribution < -0.4 is 14.8 Å². The fourth-order valence-electron chi connectivity index (χ4n) is 2.68. The number of rotatable bonds is 8. The molecule has 0 aliphatic carbocycles. The molecule has 0 fully saturated rings. The second kappa shape index (κ2) is 8.40. The SMILES string of the molecule is COc1cccc(-c2[nH]nc(NCc3ccc(OCCO)cc3)c2C)c1. The molecule has 6 heteroatoms. The maximum Gasteiger partial charge on any atom is 0.151 e. The molecule has 3 aromatic rings. The average molecular weight is 353 g/mol. The van der Waals surface area contributed by atoms with Crippen molar-refractivity contribution in [3.8, 4) is 22.8 Å². The number of ether oxygens (including phenoxy) is 2. The molecule has 2 aromatic carbocycles. The second-order valence-electron chi connectivity index (χ2n) is 5.87. The van der Waals surface area contributed by atoms with Crippen molar-refractivity contribution < 1.29 is 14.6 Å². The third kappa shape index (κ3) is 4.15. The van der Waals surface area contributed by atoms with Crippen molar-refractivity contribution in [3.05, 3.63) is 59.7 Å². The Morgan fingerprint density at radius 1 is 1.12 bits per heavy atom. The van der Waals surface area contributed by atoms with Crippen molar-refractivity contribution in [3.63, 3.8) is 0 Å². The monoisotopic (exact) mass is 353 g/mol. The maximum absolute atomic E-state index is 8.78. The molecule has 0 aliphatic heterocycles. The first kappa shape index (κ1) is 17.8. The molecule has 3 rings (SSSR count). The highest BCUT2D eigenvalue weighted by molar-refractivity contribution is 5.69. The Labute approximate surface area is 152 Å². The summed E-state index contributed by atoms with van der Waals surface area (Å²) in [5.41, 5.74) is 4.18. The Kier molecular flexibility index (Phi) is 5.76. The Hall–Kier alpha value is -2.99. The molecule has 0 spiro atoms. The van der Waals surface area contributed by atoms with Gasteiger partial charge in [-0.15, -0.1) is 0 Å². The number of benzene rings is 2. The minimum absolute atomic E-state index is 0.0113. The van der Waals surface area contributed by atoms with E-state index >= 15 is 0 Å². The molecular weight excluding hydrogens is 330 g/mol.